The molecule has 2 rings (SSSR count). The van der Waals surface area contributed by atoms with Gasteiger partial charge in [0.25, 0.3) is 0 Å². The first-order chi connectivity index (χ1) is 7.08. The van der Waals surface area contributed by atoms with Gasteiger partial charge in [-0.1, -0.05) is 18.5 Å². The van der Waals surface area contributed by atoms with Gasteiger partial charge in [-0.15, -0.1) is 0 Å². The Bertz CT molecular complexity index is 408. The fraction of sp³-hybridized carbons (Fsp3) is 0.364. The first-order valence-corrected chi connectivity index (χ1v) is 5.21. The number of benzene rings is 1. The quantitative estimate of drug-likeness (QED) is 0.827. The standard InChI is InChI=1S/C11H11ClFNO/c1-6-4-8(6)11(15)14-7-2-3-10(13)9(12)5-7/h2-3,5-6,8H,4H2,1H3,(H,14,15). The van der Waals surface area contributed by atoms with Crippen molar-refractivity contribution in [1.82, 2.24) is 0 Å². The van der Waals surface area contributed by atoms with E-state index in [4.69, 9.17) is 11.6 Å². The zero-order valence-electron chi connectivity index (χ0n) is 8.26. The lowest BCUT2D eigenvalue weighted by molar-refractivity contribution is -0.117. The number of amides is 1. The Morgan fingerprint density at radius 2 is 2.27 bits per heavy atom. The lowest BCUT2D eigenvalue weighted by Gasteiger charge is -2.04. The molecule has 0 spiro atoms. The monoisotopic (exact) mass is 227 g/mol. The topological polar surface area (TPSA) is 29.1 Å². The van der Waals surface area contributed by atoms with Gasteiger partial charge in [0.05, 0.1) is 5.02 Å². The van der Waals surface area contributed by atoms with E-state index in [-0.39, 0.29) is 16.8 Å². The molecule has 0 saturated heterocycles. The molecule has 1 amide bonds. The van der Waals surface area contributed by atoms with E-state index in [1.54, 1.807) is 0 Å². The van der Waals surface area contributed by atoms with Crippen molar-refractivity contribution >= 4 is 23.2 Å². The smallest absolute Gasteiger partial charge is 0.227 e. The summed E-state index contributed by atoms with van der Waals surface area (Å²) in [6.45, 7) is 2.03. The molecule has 1 aliphatic carbocycles. The molecule has 0 aromatic heterocycles. The summed E-state index contributed by atoms with van der Waals surface area (Å²) in [6.07, 6.45) is 0.931. The highest BCUT2D eigenvalue weighted by Crippen LogP contribution is 2.38. The molecule has 0 aliphatic heterocycles. The van der Waals surface area contributed by atoms with Crippen LogP contribution in [0.2, 0.25) is 5.02 Å². The third-order valence-corrected chi connectivity index (χ3v) is 2.92. The number of hydrogen-bond donors (Lipinski definition) is 1. The predicted molar refractivity (Wildman–Crippen MR) is 57.3 cm³/mol. The van der Waals surface area contributed by atoms with Crippen LogP contribution in [0, 0.1) is 17.7 Å². The van der Waals surface area contributed by atoms with Crippen LogP contribution in [0.25, 0.3) is 0 Å². The molecule has 1 saturated carbocycles. The molecule has 80 valence electrons. The van der Waals surface area contributed by atoms with E-state index in [1.165, 1.54) is 18.2 Å². The van der Waals surface area contributed by atoms with Crippen LogP contribution in [0.3, 0.4) is 0 Å². The summed E-state index contributed by atoms with van der Waals surface area (Å²) < 4.78 is 12.8. The highest BCUT2D eigenvalue weighted by molar-refractivity contribution is 6.31. The van der Waals surface area contributed by atoms with E-state index < -0.39 is 5.82 Å². The highest BCUT2D eigenvalue weighted by atomic mass is 35.5. The van der Waals surface area contributed by atoms with Crippen LogP contribution in [0.5, 0.6) is 0 Å². The second-order valence-corrected chi connectivity index (χ2v) is 4.34. The Morgan fingerprint density at radius 1 is 1.60 bits per heavy atom. The first-order valence-electron chi connectivity index (χ1n) is 4.84. The molecule has 1 aromatic rings. The molecule has 2 unspecified atom stereocenters. The molecule has 1 aliphatic rings. The molecular formula is C11H11ClFNO. The van der Waals surface area contributed by atoms with Crippen molar-refractivity contribution in [2.24, 2.45) is 11.8 Å². The van der Waals surface area contributed by atoms with Crippen molar-refractivity contribution in [1.29, 1.82) is 0 Å². The van der Waals surface area contributed by atoms with Crippen LogP contribution in [-0.4, -0.2) is 5.91 Å². The fourth-order valence-electron chi connectivity index (χ4n) is 1.50. The van der Waals surface area contributed by atoms with Crippen LogP contribution in [0.4, 0.5) is 10.1 Å². The molecule has 0 heterocycles. The minimum Gasteiger partial charge on any atom is -0.326 e. The van der Waals surface area contributed by atoms with E-state index >= 15 is 0 Å². The lowest BCUT2D eigenvalue weighted by Crippen LogP contribution is -2.14. The van der Waals surface area contributed by atoms with Crippen molar-refractivity contribution in [2.45, 2.75) is 13.3 Å². The number of nitrogens with one attached hydrogen (secondary N) is 1. The minimum atomic E-state index is -0.477. The number of rotatable bonds is 2. The molecule has 0 bridgehead atoms. The number of hydrogen-bond acceptors (Lipinski definition) is 1. The summed E-state index contributed by atoms with van der Waals surface area (Å²) in [5.74, 6) is 0.0781. The van der Waals surface area contributed by atoms with Crippen molar-refractivity contribution in [3.05, 3.63) is 29.0 Å². The number of anilines is 1. The molecule has 1 N–H and O–H groups in total. The second-order valence-electron chi connectivity index (χ2n) is 3.94. The summed E-state index contributed by atoms with van der Waals surface area (Å²) in [5.41, 5.74) is 0.547. The van der Waals surface area contributed by atoms with E-state index in [0.29, 0.717) is 11.6 Å². The zero-order valence-corrected chi connectivity index (χ0v) is 9.01. The van der Waals surface area contributed by atoms with Crippen LogP contribution < -0.4 is 5.32 Å². The van der Waals surface area contributed by atoms with E-state index in [0.717, 1.165) is 6.42 Å². The van der Waals surface area contributed by atoms with Crippen molar-refractivity contribution < 1.29 is 9.18 Å². The zero-order chi connectivity index (χ0) is 11.0. The maximum absolute atomic E-state index is 12.8. The van der Waals surface area contributed by atoms with E-state index in [2.05, 4.69) is 5.32 Å². The van der Waals surface area contributed by atoms with Crippen LogP contribution >= 0.6 is 11.6 Å². The Balaban J connectivity index is 2.04. The third-order valence-electron chi connectivity index (χ3n) is 2.63. The molecule has 0 radical (unpaired) electrons. The Kier molecular flexibility index (Phi) is 2.65. The van der Waals surface area contributed by atoms with Gasteiger partial charge < -0.3 is 5.32 Å². The summed E-state index contributed by atoms with van der Waals surface area (Å²) in [5, 5.41) is 2.74. The van der Waals surface area contributed by atoms with Gasteiger partial charge in [-0.25, -0.2) is 4.39 Å². The van der Waals surface area contributed by atoms with Crippen LogP contribution in [0.15, 0.2) is 18.2 Å². The van der Waals surface area contributed by atoms with Gasteiger partial charge in [0.15, 0.2) is 0 Å². The lowest BCUT2D eigenvalue weighted by atomic mass is 10.2. The minimum absolute atomic E-state index is 0.00910. The first kappa shape index (κ1) is 10.4. The van der Waals surface area contributed by atoms with E-state index in [9.17, 15) is 9.18 Å². The van der Waals surface area contributed by atoms with Crippen molar-refractivity contribution in [3.63, 3.8) is 0 Å². The van der Waals surface area contributed by atoms with E-state index in [1.807, 2.05) is 6.92 Å². The molecule has 1 aromatic carbocycles. The van der Waals surface area contributed by atoms with Gasteiger partial charge in [-0.3, -0.25) is 4.79 Å². The summed E-state index contributed by atoms with van der Waals surface area (Å²) in [4.78, 5) is 11.5. The average molecular weight is 228 g/mol. The summed E-state index contributed by atoms with van der Waals surface area (Å²) >= 11 is 5.59. The predicted octanol–water partition coefficient (Wildman–Crippen LogP) is 3.07. The molecule has 2 atom stereocenters. The van der Waals surface area contributed by atoms with Gasteiger partial charge in [-0.2, -0.15) is 0 Å². The maximum Gasteiger partial charge on any atom is 0.227 e. The Morgan fingerprint density at radius 3 is 2.80 bits per heavy atom. The van der Waals surface area contributed by atoms with Gasteiger partial charge >= 0.3 is 0 Å². The Hall–Kier alpha value is -1.09. The summed E-state index contributed by atoms with van der Waals surface area (Å²) in [7, 11) is 0. The summed E-state index contributed by atoms with van der Waals surface area (Å²) in [6, 6.07) is 4.17. The average Bonchev–Trinajstić information content (AvgIpc) is 2.89. The van der Waals surface area contributed by atoms with Gasteiger partial charge in [0, 0.05) is 11.6 Å². The maximum atomic E-state index is 12.8. The van der Waals surface area contributed by atoms with Crippen LogP contribution in [0.1, 0.15) is 13.3 Å². The molecular weight excluding hydrogens is 217 g/mol. The van der Waals surface area contributed by atoms with Crippen LogP contribution in [-0.2, 0) is 4.79 Å². The fourth-order valence-corrected chi connectivity index (χ4v) is 1.68. The number of carbonyl (C=O) groups is 1. The highest BCUT2D eigenvalue weighted by Gasteiger charge is 2.39. The number of carbonyl (C=O) groups excluding carboxylic acids is 1. The molecule has 1 fully saturated rings. The molecule has 2 nitrogen and oxygen atoms in total. The van der Waals surface area contributed by atoms with Crippen molar-refractivity contribution in [2.75, 3.05) is 5.32 Å². The van der Waals surface area contributed by atoms with Gasteiger partial charge in [0.1, 0.15) is 5.82 Å². The van der Waals surface area contributed by atoms with Gasteiger partial charge in [-0.05, 0) is 30.5 Å². The van der Waals surface area contributed by atoms with Gasteiger partial charge in [0.2, 0.25) is 5.91 Å². The molecule has 15 heavy (non-hydrogen) atoms. The normalized spacial score (nSPS) is 23.7. The third kappa shape index (κ3) is 2.29. The largest absolute Gasteiger partial charge is 0.326 e. The Labute approximate surface area is 92.4 Å². The number of halogens is 2. The van der Waals surface area contributed by atoms with Crippen molar-refractivity contribution in [3.8, 4) is 0 Å². The SMILES string of the molecule is CC1CC1C(=O)Nc1ccc(F)c(Cl)c1. The second kappa shape index (κ2) is 3.81. The molecule has 4 heteroatoms.